The largest absolute Gasteiger partial charge is 0.497 e. The summed E-state index contributed by atoms with van der Waals surface area (Å²) in [4.78, 5) is 11.8. The van der Waals surface area contributed by atoms with Crippen molar-refractivity contribution in [3.8, 4) is 11.8 Å². The molecule has 0 aliphatic carbocycles. The monoisotopic (exact) mass is 311 g/mol. The van der Waals surface area contributed by atoms with Crippen molar-refractivity contribution in [1.29, 1.82) is 5.26 Å². The van der Waals surface area contributed by atoms with Crippen molar-refractivity contribution < 1.29 is 14.6 Å². The first-order chi connectivity index (χ1) is 11.1. The van der Waals surface area contributed by atoms with Crippen molar-refractivity contribution >= 4 is 11.7 Å². The summed E-state index contributed by atoms with van der Waals surface area (Å²) in [7, 11) is 1.57. The Morgan fingerprint density at radius 3 is 2.43 bits per heavy atom. The molecule has 0 saturated carbocycles. The lowest BCUT2D eigenvalue weighted by atomic mass is 10.1. The molecule has 0 aliphatic heterocycles. The number of rotatable bonds is 5. The molecule has 2 amide bonds. The summed E-state index contributed by atoms with van der Waals surface area (Å²) in [5.41, 5.74) is 1.77. The van der Waals surface area contributed by atoms with Gasteiger partial charge in [0.2, 0.25) is 0 Å². The Kier molecular flexibility index (Phi) is 5.56. The molecule has 0 bridgehead atoms. The van der Waals surface area contributed by atoms with Crippen molar-refractivity contribution in [2.24, 2.45) is 0 Å². The lowest BCUT2D eigenvalue weighted by Crippen LogP contribution is -2.32. The number of carbonyl (C=O) groups is 1. The first-order valence-electron chi connectivity index (χ1n) is 6.99. The van der Waals surface area contributed by atoms with Crippen molar-refractivity contribution in [2.45, 2.75) is 6.10 Å². The summed E-state index contributed by atoms with van der Waals surface area (Å²) in [5, 5.41) is 24.0. The molecule has 0 heterocycles. The van der Waals surface area contributed by atoms with E-state index in [1.54, 1.807) is 55.6 Å². The number of ether oxygens (including phenoxy) is 1. The molecule has 0 fully saturated rings. The van der Waals surface area contributed by atoms with Crippen LogP contribution in [0.2, 0.25) is 0 Å². The molecule has 3 N–H and O–H groups in total. The highest BCUT2D eigenvalue weighted by molar-refractivity contribution is 5.89. The first kappa shape index (κ1) is 16.3. The van der Waals surface area contributed by atoms with Crippen LogP contribution in [0.1, 0.15) is 17.2 Å². The fraction of sp³-hybridized carbons (Fsp3) is 0.176. The minimum absolute atomic E-state index is 0.0778. The highest BCUT2D eigenvalue weighted by Crippen LogP contribution is 2.17. The van der Waals surface area contributed by atoms with E-state index in [2.05, 4.69) is 10.6 Å². The van der Waals surface area contributed by atoms with Crippen LogP contribution in [0.4, 0.5) is 10.5 Å². The molecule has 0 aliphatic rings. The number of anilines is 1. The van der Waals surface area contributed by atoms with Crippen LogP contribution >= 0.6 is 0 Å². The normalized spacial score (nSPS) is 11.2. The zero-order valence-electron chi connectivity index (χ0n) is 12.6. The second-order valence-electron chi connectivity index (χ2n) is 4.81. The van der Waals surface area contributed by atoms with E-state index in [9.17, 15) is 9.90 Å². The summed E-state index contributed by atoms with van der Waals surface area (Å²) in [5.74, 6) is 0.701. The molecule has 0 aromatic heterocycles. The second kappa shape index (κ2) is 7.82. The van der Waals surface area contributed by atoms with Crippen molar-refractivity contribution in [2.75, 3.05) is 19.0 Å². The van der Waals surface area contributed by atoms with Crippen molar-refractivity contribution in [3.63, 3.8) is 0 Å². The van der Waals surface area contributed by atoms with Crippen LogP contribution in [0.25, 0.3) is 0 Å². The number of hydrogen-bond acceptors (Lipinski definition) is 4. The highest BCUT2D eigenvalue weighted by atomic mass is 16.5. The number of nitrogens with one attached hydrogen (secondary N) is 2. The molecule has 1 unspecified atom stereocenters. The molecule has 23 heavy (non-hydrogen) atoms. The maximum atomic E-state index is 11.8. The van der Waals surface area contributed by atoms with Crippen LogP contribution in [0.3, 0.4) is 0 Å². The number of aliphatic hydroxyl groups excluding tert-OH is 1. The van der Waals surface area contributed by atoms with Gasteiger partial charge in [0.25, 0.3) is 0 Å². The molecule has 6 heteroatoms. The third kappa shape index (κ3) is 4.73. The van der Waals surface area contributed by atoms with Crippen LogP contribution < -0.4 is 15.4 Å². The number of methoxy groups -OCH3 is 1. The lowest BCUT2D eigenvalue weighted by Gasteiger charge is -2.13. The zero-order chi connectivity index (χ0) is 16.7. The standard InChI is InChI=1S/C17H17N3O3/c1-23-15-8-4-13(5-9-15)16(21)11-19-17(22)20-14-6-2-12(10-18)3-7-14/h2-9,16,21H,11H2,1H3,(H2,19,20,22). The Hall–Kier alpha value is -3.04. The Morgan fingerprint density at radius 2 is 1.87 bits per heavy atom. The lowest BCUT2D eigenvalue weighted by molar-refractivity contribution is 0.175. The molecule has 6 nitrogen and oxygen atoms in total. The number of nitriles is 1. The summed E-state index contributed by atoms with van der Waals surface area (Å²) in [6.07, 6.45) is -0.812. The fourth-order valence-electron chi connectivity index (χ4n) is 1.94. The number of hydrogen-bond donors (Lipinski definition) is 3. The molecular formula is C17H17N3O3. The predicted molar refractivity (Wildman–Crippen MR) is 86.1 cm³/mol. The van der Waals surface area contributed by atoms with E-state index in [1.165, 1.54) is 0 Å². The molecule has 1 atom stereocenters. The van der Waals surface area contributed by atoms with Gasteiger partial charge in [-0.05, 0) is 42.0 Å². The molecule has 2 aromatic carbocycles. The summed E-state index contributed by atoms with van der Waals surface area (Å²) < 4.78 is 5.05. The van der Waals surface area contributed by atoms with Gasteiger partial charge in [-0.25, -0.2) is 4.79 Å². The van der Waals surface area contributed by atoms with Gasteiger partial charge in [-0.15, -0.1) is 0 Å². The minimum atomic E-state index is -0.812. The van der Waals surface area contributed by atoms with Gasteiger partial charge in [-0.3, -0.25) is 0 Å². The quantitative estimate of drug-likeness (QED) is 0.790. The number of urea groups is 1. The average molecular weight is 311 g/mol. The molecular weight excluding hydrogens is 294 g/mol. The smallest absolute Gasteiger partial charge is 0.319 e. The van der Waals surface area contributed by atoms with E-state index in [4.69, 9.17) is 10.00 Å². The molecule has 0 radical (unpaired) electrons. The Balaban J connectivity index is 1.84. The van der Waals surface area contributed by atoms with E-state index in [1.807, 2.05) is 6.07 Å². The average Bonchev–Trinajstić information content (AvgIpc) is 2.60. The Labute approximate surface area is 134 Å². The summed E-state index contributed by atoms with van der Waals surface area (Å²) >= 11 is 0. The van der Waals surface area contributed by atoms with Crippen LogP contribution in [-0.2, 0) is 0 Å². The maximum absolute atomic E-state index is 11.8. The van der Waals surface area contributed by atoms with Crippen LogP contribution in [0.15, 0.2) is 48.5 Å². The molecule has 2 aromatic rings. The Morgan fingerprint density at radius 1 is 1.22 bits per heavy atom. The van der Waals surface area contributed by atoms with Gasteiger partial charge in [-0.1, -0.05) is 12.1 Å². The SMILES string of the molecule is COc1ccc(C(O)CNC(=O)Nc2ccc(C#N)cc2)cc1. The third-order valence-corrected chi connectivity index (χ3v) is 3.23. The second-order valence-corrected chi connectivity index (χ2v) is 4.81. The van der Waals surface area contributed by atoms with E-state index < -0.39 is 12.1 Å². The third-order valence-electron chi connectivity index (χ3n) is 3.23. The molecule has 118 valence electrons. The summed E-state index contributed by atoms with van der Waals surface area (Å²) in [6, 6.07) is 15.0. The maximum Gasteiger partial charge on any atom is 0.319 e. The van der Waals surface area contributed by atoms with Gasteiger partial charge in [-0.2, -0.15) is 5.26 Å². The minimum Gasteiger partial charge on any atom is -0.497 e. The van der Waals surface area contributed by atoms with Gasteiger partial charge in [0.15, 0.2) is 0 Å². The molecule has 2 rings (SSSR count). The van der Waals surface area contributed by atoms with Crippen LogP contribution in [0, 0.1) is 11.3 Å². The Bertz CT molecular complexity index is 691. The predicted octanol–water partition coefficient (Wildman–Crippen LogP) is 2.42. The topological polar surface area (TPSA) is 94.4 Å². The fourth-order valence-corrected chi connectivity index (χ4v) is 1.94. The molecule has 0 spiro atoms. The van der Waals surface area contributed by atoms with Gasteiger partial charge in [0, 0.05) is 12.2 Å². The number of amides is 2. The van der Waals surface area contributed by atoms with Crippen molar-refractivity contribution in [1.82, 2.24) is 5.32 Å². The number of nitrogens with zero attached hydrogens (tertiary/aromatic N) is 1. The van der Waals surface area contributed by atoms with E-state index in [0.717, 1.165) is 0 Å². The van der Waals surface area contributed by atoms with E-state index >= 15 is 0 Å². The van der Waals surface area contributed by atoms with E-state index in [0.29, 0.717) is 22.6 Å². The van der Waals surface area contributed by atoms with Gasteiger partial charge < -0.3 is 20.5 Å². The summed E-state index contributed by atoms with van der Waals surface area (Å²) in [6.45, 7) is 0.0778. The van der Waals surface area contributed by atoms with Crippen molar-refractivity contribution in [3.05, 3.63) is 59.7 Å². The number of carbonyl (C=O) groups excluding carboxylic acids is 1. The van der Waals surface area contributed by atoms with Gasteiger partial charge in [0.05, 0.1) is 24.8 Å². The highest BCUT2D eigenvalue weighted by Gasteiger charge is 2.09. The van der Waals surface area contributed by atoms with Crippen LogP contribution in [0.5, 0.6) is 5.75 Å². The van der Waals surface area contributed by atoms with Crippen LogP contribution in [-0.4, -0.2) is 24.8 Å². The zero-order valence-corrected chi connectivity index (χ0v) is 12.6. The number of benzene rings is 2. The first-order valence-corrected chi connectivity index (χ1v) is 6.99. The van der Waals surface area contributed by atoms with Gasteiger partial charge in [0.1, 0.15) is 5.75 Å². The van der Waals surface area contributed by atoms with Gasteiger partial charge >= 0.3 is 6.03 Å². The van der Waals surface area contributed by atoms with E-state index in [-0.39, 0.29) is 6.54 Å². The number of aliphatic hydroxyl groups is 1. The molecule has 0 saturated heterocycles.